The summed E-state index contributed by atoms with van der Waals surface area (Å²) in [6.07, 6.45) is 1.78. The van der Waals surface area contributed by atoms with Crippen molar-refractivity contribution in [2.45, 2.75) is 17.4 Å². The number of thiazole rings is 1. The molecule has 1 aromatic carbocycles. The third-order valence-electron chi connectivity index (χ3n) is 3.61. The Bertz CT molecular complexity index is 984. The molecule has 0 saturated carbocycles. The average Bonchev–Trinajstić information content (AvgIpc) is 3.16. The molecule has 1 aromatic heterocycles. The second-order valence-electron chi connectivity index (χ2n) is 5.54. The van der Waals surface area contributed by atoms with Crippen molar-refractivity contribution in [3.63, 3.8) is 0 Å². The van der Waals surface area contributed by atoms with Crippen molar-refractivity contribution >= 4 is 42.2 Å². The molecule has 0 bridgehead atoms. The number of sulfonamides is 1. The van der Waals surface area contributed by atoms with Crippen molar-refractivity contribution in [1.82, 2.24) is 9.71 Å². The number of nitrogens with zero attached hydrogens (tertiary/aromatic N) is 1. The van der Waals surface area contributed by atoms with Gasteiger partial charge in [-0.05, 0) is 24.6 Å². The zero-order chi connectivity index (χ0) is 18.1. The maximum absolute atomic E-state index is 12.4. The fraction of sp³-hybridized carbons (Fsp3) is 0.286. The Labute approximate surface area is 149 Å². The molecule has 1 aliphatic rings. The lowest BCUT2D eigenvalue weighted by atomic mass is 10.2. The molecular formula is C14H15N3O5S3. The van der Waals surface area contributed by atoms with Crippen molar-refractivity contribution in [3.05, 3.63) is 41.4 Å². The van der Waals surface area contributed by atoms with Gasteiger partial charge in [-0.2, -0.15) is 0 Å². The van der Waals surface area contributed by atoms with Crippen LogP contribution in [-0.2, 0) is 19.9 Å². The lowest BCUT2D eigenvalue weighted by molar-refractivity contribution is 0.102. The van der Waals surface area contributed by atoms with E-state index >= 15 is 0 Å². The molecule has 0 spiro atoms. The molecule has 2 heterocycles. The summed E-state index contributed by atoms with van der Waals surface area (Å²) < 4.78 is 50.2. The Balaban J connectivity index is 1.77. The van der Waals surface area contributed by atoms with Crippen molar-refractivity contribution in [3.8, 4) is 0 Å². The van der Waals surface area contributed by atoms with Crippen LogP contribution in [0.4, 0.5) is 5.13 Å². The smallest absolute Gasteiger partial charge is 0.257 e. The Kier molecular flexibility index (Phi) is 4.91. The Hall–Kier alpha value is -1.82. The molecule has 0 aliphatic carbocycles. The number of anilines is 1. The lowest BCUT2D eigenvalue weighted by Gasteiger charge is -2.12. The number of benzene rings is 1. The molecule has 1 aliphatic heterocycles. The van der Waals surface area contributed by atoms with E-state index < -0.39 is 31.8 Å². The molecule has 1 atom stereocenters. The van der Waals surface area contributed by atoms with Crippen LogP contribution in [0, 0.1) is 0 Å². The van der Waals surface area contributed by atoms with Crippen LogP contribution in [0.1, 0.15) is 16.8 Å². The topological polar surface area (TPSA) is 122 Å². The highest BCUT2D eigenvalue weighted by atomic mass is 32.2. The minimum atomic E-state index is -3.92. The number of sulfone groups is 1. The Morgan fingerprint density at radius 1 is 1.32 bits per heavy atom. The highest BCUT2D eigenvalue weighted by Crippen LogP contribution is 2.18. The maximum atomic E-state index is 12.4. The summed E-state index contributed by atoms with van der Waals surface area (Å²) in [4.78, 5) is 16.0. The van der Waals surface area contributed by atoms with E-state index in [4.69, 9.17) is 0 Å². The van der Waals surface area contributed by atoms with E-state index in [1.54, 1.807) is 11.6 Å². The predicted molar refractivity (Wildman–Crippen MR) is 93.9 cm³/mol. The SMILES string of the molecule is O=C(Nc1nccs1)c1cccc(S(=O)(=O)NC2CCS(=O)(=O)C2)c1. The summed E-state index contributed by atoms with van der Waals surface area (Å²) in [5, 5.41) is 4.69. The van der Waals surface area contributed by atoms with E-state index in [0.717, 1.165) is 0 Å². The number of nitrogens with one attached hydrogen (secondary N) is 2. The van der Waals surface area contributed by atoms with Gasteiger partial charge in [0.15, 0.2) is 15.0 Å². The van der Waals surface area contributed by atoms with E-state index in [9.17, 15) is 21.6 Å². The van der Waals surface area contributed by atoms with Gasteiger partial charge in [0, 0.05) is 23.2 Å². The minimum absolute atomic E-state index is 0.0313. The minimum Gasteiger partial charge on any atom is -0.298 e. The van der Waals surface area contributed by atoms with Gasteiger partial charge in [-0.1, -0.05) is 6.07 Å². The van der Waals surface area contributed by atoms with Crippen LogP contribution < -0.4 is 10.0 Å². The van der Waals surface area contributed by atoms with Gasteiger partial charge in [0.05, 0.1) is 16.4 Å². The van der Waals surface area contributed by atoms with E-state index in [1.165, 1.54) is 35.6 Å². The largest absolute Gasteiger partial charge is 0.298 e. The van der Waals surface area contributed by atoms with Gasteiger partial charge in [0.1, 0.15) is 0 Å². The summed E-state index contributed by atoms with van der Waals surface area (Å²) in [7, 11) is -7.12. The van der Waals surface area contributed by atoms with Gasteiger partial charge in [-0.15, -0.1) is 11.3 Å². The van der Waals surface area contributed by atoms with Crippen LogP contribution >= 0.6 is 11.3 Å². The average molecular weight is 401 g/mol. The van der Waals surface area contributed by atoms with Crippen molar-refractivity contribution in [2.24, 2.45) is 0 Å². The van der Waals surface area contributed by atoms with Crippen molar-refractivity contribution in [2.75, 3.05) is 16.8 Å². The normalized spacial score (nSPS) is 19.6. The summed E-state index contributed by atoms with van der Waals surface area (Å²) in [5.74, 6) is -0.720. The molecule has 1 amide bonds. The summed E-state index contributed by atoms with van der Waals surface area (Å²) in [6.45, 7) is 0. The van der Waals surface area contributed by atoms with Gasteiger partial charge in [0.2, 0.25) is 10.0 Å². The van der Waals surface area contributed by atoms with E-state index in [1.807, 2.05) is 0 Å². The van der Waals surface area contributed by atoms with E-state index in [2.05, 4.69) is 15.0 Å². The number of amides is 1. The highest BCUT2D eigenvalue weighted by Gasteiger charge is 2.31. The molecule has 3 rings (SSSR count). The molecule has 2 N–H and O–H groups in total. The van der Waals surface area contributed by atoms with Gasteiger partial charge in [-0.3, -0.25) is 10.1 Å². The first kappa shape index (κ1) is 18.0. The molecule has 8 nitrogen and oxygen atoms in total. The first-order valence-corrected chi connectivity index (χ1v) is 11.5. The first-order valence-electron chi connectivity index (χ1n) is 7.29. The van der Waals surface area contributed by atoms with E-state index in [-0.39, 0.29) is 28.4 Å². The maximum Gasteiger partial charge on any atom is 0.257 e. The number of carbonyl (C=O) groups excluding carboxylic acids is 1. The predicted octanol–water partition coefficient (Wildman–Crippen LogP) is 0.861. The third kappa shape index (κ3) is 4.42. The highest BCUT2D eigenvalue weighted by molar-refractivity contribution is 7.92. The summed E-state index contributed by atoms with van der Waals surface area (Å²) in [5.41, 5.74) is 0.164. The second-order valence-corrected chi connectivity index (χ2v) is 10.4. The van der Waals surface area contributed by atoms with Crippen molar-refractivity contribution in [1.29, 1.82) is 0 Å². The molecule has 11 heteroatoms. The first-order chi connectivity index (χ1) is 11.8. The van der Waals surface area contributed by atoms with Crippen molar-refractivity contribution < 1.29 is 21.6 Å². The molecule has 1 saturated heterocycles. The molecule has 134 valence electrons. The van der Waals surface area contributed by atoms with E-state index in [0.29, 0.717) is 5.13 Å². The number of carbonyl (C=O) groups is 1. The molecule has 1 fully saturated rings. The van der Waals surface area contributed by atoms with Gasteiger partial charge in [-0.25, -0.2) is 26.5 Å². The summed E-state index contributed by atoms with van der Waals surface area (Å²) >= 11 is 1.25. The fourth-order valence-electron chi connectivity index (χ4n) is 2.43. The Morgan fingerprint density at radius 3 is 2.76 bits per heavy atom. The number of rotatable bonds is 5. The third-order valence-corrected chi connectivity index (χ3v) is 7.59. The number of hydrogen-bond donors (Lipinski definition) is 2. The van der Waals surface area contributed by atoms with Crippen LogP contribution in [0.3, 0.4) is 0 Å². The van der Waals surface area contributed by atoms with Crippen LogP contribution in [0.2, 0.25) is 0 Å². The van der Waals surface area contributed by atoms with Gasteiger partial charge >= 0.3 is 0 Å². The molecule has 25 heavy (non-hydrogen) atoms. The van der Waals surface area contributed by atoms with Crippen LogP contribution in [0.15, 0.2) is 40.7 Å². The Morgan fingerprint density at radius 2 is 2.12 bits per heavy atom. The lowest BCUT2D eigenvalue weighted by Crippen LogP contribution is -2.35. The fourth-order valence-corrected chi connectivity index (χ4v) is 6.05. The molecular weight excluding hydrogens is 386 g/mol. The molecule has 0 radical (unpaired) electrons. The zero-order valence-electron chi connectivity index (χ0n) is 12.9. The van der Waals surface area contributed by atoms with Crippen LogP contribution in [-0.4, -0.2) is 45.3 Å². The van der Waals surface area contributed by atoms with Crippen LogP contribution in [0.25, 0.3) is 0 Å². The molecule has 1 unspecified atom stereocenters. The standard InChI is InChI=1S/C14H15N3O5S3/c18-13(16-14-15-5-6-23-14)10-2-1-3-12(8-10)25(21,22)17-11-4-7-24(19,20)9-11/h1-3,5-6,8,11,17H,4,7,9H2,(H,15,16,18). The monoisotopic (exact) mass is 401 g/mol. The van der Waals surface area contributed by atoms with Gasteiger partial charge in [0.25, 0.3) is 5.91 Å². The summed E-state index contributed by atoms with van der Waals surface area (Å²) in [6, 6.07) is 4.89. The number of hydrogen-bond acceptors (Lipinski definition) is 7. The number of aromatic nitrogens is 1. The van der Waals surface area contributed by atoms with Gasteiger partial charge < -0.3 is 0 Å². The second kappa shape index (κ2) is 6.83. The molecule has 2 aromatic rings. The quantitative estimate of drug-likeness (QED) is 0.766. The van der Waals surface area contributed by atoms with Crippen LogP contribution in [0.5, 0.6) is 0 Å². The zero-order valence-corrected chi connectivity index (χ0v) is 15.3.